The van der Waals surface area contributed by atoms with Crippen LogP contribution in [0.5, 0.6) is 0 Å². The largest absolute Gasteiger partial charge is 0.112 e. The summed E-state index contributed by atoms with van der Waals surface area (Å²) in [6.45, 7) is 0. The molecule has 0 amide bonds. The molecule has 17 heavy (non-hydrogen) atoms. The highest BCUT2D eigenvalue weighted by atomic mass is 127. The van der Waals surface area contributed by atoms with Gasteiger partial charge in [-0.2, -0.15) is 0 Å². The zero-order chi connectivity index (χ0) is 12.6. The molecule has 2 aromatic rings. The van der Waals surface area contributed by atoms with Gasteiger partial charge in [0.1, 0.15) is 0 Å². The second-order valence-corrected chi connectivity index (χ2v) is 7.61. The predicted molar refractivity (Wildman–Crippen MR) is 86.2 cm³/mol. The molecule has 0 fully saturated rings. The molecular formula is C11H5Cl4IS. The van der Waals surface area contributed by atoms with Gasteiger partial charge in [-0.3, -0.25) is 0 Å². The summed E-state index contributed by atoms with van der Waals surface area (Å²) in [5.41, 5.74) is 1.73. The molecule has 0 aliphatic rings. The fraction of sp³-hybridized carbons (Fsp3) is 0.0909. The first kappa shape index (κ1) is 14.2. The fourth-order valence-electron chi connectivity index (χ4n) is 1.38. The molecule has 0 saturated carbocycles. The van der Waals surface area contributed by atoms with Crippen molar-refractivity contribution in [3.8, 4) is 0 Å². The molecule has 1 aromatic heterocycles. The van der Waals surface area contributed by atoms with Crippen molar-refractivity contribution in [2.75, 3.05) is 0 Å². The molecule has 1 aromatic carbocycles. The lowest BCUT2D eigenvalue weighted by atomic mass is 10.1. The summed E-state index contributed by atoms with van der Waals surface area (Å²) in [4.78, 5) is 0. The summed E-state index contributed by atoms with van der Waals surface area (Å²) in [5, 5.41) is 0.354. The van der Waals surface area contributed by atoms with E-state index in [1.54, 1.807) is 6.07 Å². The van der Waals surface area contributed by atoms with Crippen LogP contribution in [0, 0.1) is 3.57 Å². The number of hydrogen-bond acceptors (Lipinski definition) is 1. The summed E-state index contributed by atoms with van der Waals surface area (Å²) in [6, 6.07) is 7.50. The van der Waals surface area contributed by atoms with Crippen molar-refractivity contribution >= 4 is 80.3 Å². The van der Waals surface area contributed by atoms with E-state index in [0.717, 1.165) is 14.7 Å². The number of alkyl halides is 1. The Labute approximate surface area is 137 Å². The first-order chi connectivity index (χ1) is 7.99. The Bertz CT molecular complexity index is 552. The number of benzene rings is 1. The average molecular weight is 438 g/mol. The van der Waals surface area contributed by atoms with Crippen LogP contribution in [0.1, 0.15) is 16.5 Å². The van der Waals surface area contributed by atoms with Crippen molar-refractivity contribution in [2.24, 2.45) is 0 Å². The Morgan fingerprint density at radius 3 is 2.35 bits per heavy atom. The molecule has 2 rings (SSSR count). The third kappa shape index (κ3) is 3.23. The Morgan fingerprint density at radius 1 is 1.12 bits per heavy atom. The van der Waals surface area contributed by atoms with Crippen LogP contribution in [0.25, 0.3) is 0 Å². The average Bonchev–Trinajstić information content (AvgIpc) is 2.61. The minimum Gasteiger partial charge on any atom is -0.112 e. The van der Waals surface area contributed by atoms with Crippen LogP contribution < -0.4 is 0 Å². The third-order valence-corrected chi connectivity index (χ3v) is 5.77. The number of thiophene rings is 1. The van der Waals surface area contributed by atoms with Crippen LogP contribution in [-0.2, 0) is 0 Å². The lowest BCUT2D eigenvalue weighted by Gasteiger charge is -2.10. The monoisotopic (exact) mass is 436 g/mol. The van der Waals surface area contributed by atoms with Crippen molar-refractivity contribution in [1.29, 1.82) is 0 Å². The van der Waals surface area contributed by atoms with Gasteiger partial charge in [0.2, 0.25) is 0 Å². The molecule has 0 radical (unpaired) electrons. The van der Waals surface area contributed by atoms with E-state index in [2.05, 4.69) is 22.6 Å². The van der Waals surface area contributed by atoms with E-state index in [1.807, 2.05) is 18.2 Å². The van der Waals surface area contributed by atoms with E-state index in [9.17, 15) is 0 Å². The van der Waals surface area contributed by atoms with Crippen LogP contribution in [0.4, 0.5) is 0 Å². The number of rotatable bonds is 2. The Kier molecular flexibility index (Phi) is 4.89. The van der Waals surface area contributed by atoms with E-state index >= 15 is 0 Å². The minimum absolute atomic E-state index is 0.333. The summed E-state index contributed by atoms with van der Waals surface area (Å²) < 4.78 is 2.24. The van der Waals surface area contributed by atoms with E-state index in [1.165, 1.54) is 11.3 Å². The summed E-state index contributed by atoms with van der Waals surface area (Å²) in [7, 11) is 0. The molecule has 1 atom stereocenters. The van der Waals surface area contributed by atoms with Gasteiger partial charge in [-0.1, -0.05) is 40.9 Å². The fourth-order valence-corrected chi connectivity index (χ4v) is 3.86. The van der Waals surface area contributed by atoms with E-state index in [-0.39, 0.29) is 5.38 Å². The molecular weight excluding hydrogens is 433 g/mol. The first-order valence-corrected chi connectivity index (χ1v) is 7.99. The Morgan fingerprint density at radius 2 is 1.82 bits per heavy atom. The second-order valence-electron chi connectivity index (χ2n) is 3.32. The van der Waals surface area contributed by atoms with Crippen molar-refractivity contribution in [1.82, 2.24) is 0 Å². The number of hydrogen-bond donors (Lipinski definition) is 0. The quantitative estimate of drug-likeness (QED) is 0.365. The van der Waals surface area contributed by atoms with Gasteiger partial charge < -0.3 is 0 Å². The molecule has 0 aliphatic carbocycles. The van der Waals surface area contributed by atoms with Crippen LogP contribution in [0.15, 0.2) is 24.3 Å². The van der Waals surface area contributed by atoms with Crippen LogP contribution >= 0.6 is 80.3 Å². The topological polar surface area (TPSA) is 0 Å². The maximum Gasteiger partial charge on any atom is 0.0994 e. The lowest BCUT2D eigenvalue weighted by molar-refractivity contribution is 1.15. The molecule has 0 saturated heterocycles. The standard InChI is InChI=1S/C11H5Cl4IS/c12-7-3-5(1-2-8(7)16)10(14)6-4-9(13)17-11(6)15/h1-4,10H. The minimum atomic E-state index is -0.333. The molecule has 6 heteroatoms. The van der Waals surface area contributed by atoms with Gasteiger partial charge in [0.05, 0.1) is 19.1 Å². The summed E-state index contributed by atoms with van der Waals surface area (Å²) in [5.74, 6) is 0. The van der Waals surface area contributed by atoms with Crippen molar-refractivity contribution in [3.63, 3.8) is 0 Å². The third-order valence-electron chi connectivity index (χ3n) is 2.19. The van der Waals surface area contributed by atoms with E-state index in [4.69, 9.17) is 46.4 Å². The first-order valence-electron chi connectivity index (χ1n) is 4.53. The highest BCUT2D eigenvalue weighted by molar-refractivity contribution is 14.1. The molecule has 1 unspecified atom stereocenters. The molecule has 0 aliphatic heterocycles. The van der Waals surface area contributed by atoms with Gasteiger partial charge in [0, 0.05) is 9.13 Å². The van der Waals surface area contributed by atoms with Crippen molar-refractivity contribution in [3.05, 3.63) is 52.7 Å². The molecule has 1 heterocycles. The van der Waals surface area contributed by atoms with Crippen molar-refractivity contribution in [2.45, 2.75) is 5.38 Å². The van der Waals surface area contributed by atoms with Crippen molar-refractivity contribution < 1.29 is 0 Å². The van der Waals surface area contributed by atoms with Gasteiger partial charge >= 0.3 is 0 Å². The lowest BCUT2D eigenvalue weighted by Crippen LogP contribution is -1.92. The van der Waals surface area contributed by atoms with Gasteiger partial charge in [-0.05, 0) is 46.4 Å². The van der Waals surface area contributed by atoms with Gasteiger partial charge in [-0.25, -0.2) is 0 Å². The SMILES string of the molecule is Clc1cc(C(Cl)c2ccc(I)c(Cl)c2)c(Cl)s1. The van der Waals surface area contributed by atoms with Crippen LogP contribution in [0.2, 0.25) is 13.7 Å². The maximum absolute atomic E-state index is 6.38. The highest BCUT2D eigenvalue weighted by Gasteiger charge is 2.17. The Balaban J connectivity index is 2.40. The molecule has 0 N–H and O–H groups in total. The highest BCUT2D eigenvalue weighted by Crippen LogP contribution is 2.41. The second kappa shape index (κ2) is 5.85. The zero-order valence-electron chi connectivity index (χ0n) is 8.18. The van der Waals surface area contributed by atoms with Gasteiger partial charge in [-0.15, -0.1) is 22.9 Å². The maximum atomic E-state index is 6.38. The zero-order valence-corrected chi connectivity index (χ0v) is 14.2. The number of halogens is 5. The van der Waals surface area contributed by atoms with E-state index in [0.29, 0.717) is 13.7 Å². The molecule has 90 valence electrons. The van der Waals surface area contributed by atoms with Gasteiger partial charge in [0.25, 0.3) is 0 Å². The molecule has 0 nitrogen and oxygen atoms in total. The Hall–Kier alpha value is 0.810. The normalized spacial score (nSPS) is 12.8. The van der Waals surface area contributed by atoms with Crippen LogP contribution in [0.3, 0.4) is 0 Å². The predicted octanol–water partition coefficient (Wildman–Crippen LogP) is 6.64. The molecule has 0 bridgehead atoms. The summed E-state index contributed by atoms with van der Waals surface area (Å²) in [6.07, 6.45) is 0. The van der Waals surface area contributed by atoms with Gasteiger partial charge in [0.15, 0.2) is 0 Å². The smallest absolute Gasteiger partial charge is 0.0994 e. The van der Waals surface area contributed by atoms with Crippen LogP contribution in [-0.4, -0.2) is 0 Å². The molecule has 0 spiro atoms. The summed E-state index contributed by atoms with van der Waals surface area (Å²) >= 11 is 27.9. The van der Waals surface area contributed by atoms with E-state index < -0.39 is 0 Å².